The molecule has 1 saturated heterocycles. The quantitative estimate of drug-likeness (QED) is 0.788. The molecule has 1 aromatic carbocycles. The number of alkyl halides is 1. The van der Waals surface area contributed by atoms with Crippen molar-refractivity contribution in [1.29, 1.82) is 0 Å². The van der Waals surface area contributed by atoms with Crippen molar-refractivity contribution in [3.8, 4) is 11.3 Å². The minimum atomic E-state index is -1.88. The van der Waals surface area contributed by atoms with Crippen LogP contribution < -0.4 is 5.32 Å². The number of halogens is 1. The lowest BCUT2D eigenvalue weighted by Gasteiger charge is -2.33. The number of aromatic nitrogens is 2. The molecule has 0 saturated carbocycles. The maximum Gasteiger partial charge on any atom is 0.263 e. The van der Waals surface area contributed by atoms with Crippen molar-refractivity contribution in [2.75, 3.05) is 20.1 Å². The third-order valence-corrected chi connectivity index (χ3v) is 5.69. The van der Waals surface area contributed by atoms with Gasteiger partial charge < -0.3 is 14.8 Å². The van der Waals surface area contributed by atoms with Crippen LogP contribution in [-0.4, -0.2) is 52.9 Å². The van der Waals surface area contributed by atoms with Crippen LogP contribution >= 0.6 is 0 Å². The van der Waals surface area contributed by atoms with Crippen molar-refractivity contribution in [3.63, 3.8) is 0 Å². The second-order valence-corrected chi connectivity index (χ2v) is 7.73. The van der Waals surface area contributed by atoms with E-state index in [4.69, 9.17) is 0 Å². The smallest absolute Gasteiger partial charge is 0.263 e. The van der Waals surface area contributed by atoms with E-state index in [9.17, 15) is 4.79 Å². The number of imidazole rings is 1. The number of aryl methyl sites for hydroxylation is 2. The van der Waals surface area contributed by atoms with Gasteiger partial charge in [-0.2, -0.15) is 0 Å². The highest BCUT2D eigenvalue weighted by Crippen LogP contribution is 2.27. The number of nitrogens with one attached hydrogen (secondary N) is 1. The third kappa shape index (κ3) is 4.45. The molecule has 1 N–H and O–H groups in total. The summed E-state index contributed by atoms with van der Waals surface area (Å²) < 4.78 is 17.1. The predicted molar refractivity (Wildman–Crippen MR) is 114 cm³/mol. The highest BCUT2D eigenvalue weighted by atomic mass is 19.1. The molecule has 0 bridgehead atoms. The van der Waals surface area contributed by atoms with Crippen LogP contribution in [-0.2, 0) is 11.8 Å². The lowest BCUT2D eigenvalue weighted by atomic mass is 9.92. The Balaban J connectivity index is 1.85. The van der Waals surface area contributed by atoms with Gasteiger partial charge in [0, 0.05) is 38.5 Å². The molecule has 154 valence electrons. The maximum absolute atomic E-state index is 15.0. The highest BCUT2D eigenvalue weighted by Gasteiger charge is 2.41. The van der Waals surface area contributed by atoms with Crippen LogP contribution in [0.2, 0.25) is 0 Å². The van der Waals surface area contributed by atoms with Crippen LogP contribution in [0.4, 0.5) is 4.39 Å². The van der Waals surface area contributed by atoms with Gasteiger partial charge in [0.15, 0.2) is 5.67 Å². The standard InChI is InChI=1S/C22H28FN5O/c1-15-6-7-17(19-14-25-16(2)28(19)5)12-18(15)13-20(24-3)26-21(29)22(23)8-10-27(4)11-9-22/h6-7,12-14H,3,8-11H2,1-2,4-5H3,(H,26,29)/b20-13+. The van der Waals surface area contributed by atoms with E-state index in [-0.39, 0.29) is 18.7 Å². The molecule has 0 atom stereocenters. The molecule has 3 rings (SSSR count). The maximum atomic E-state index is 15.0. The van der Waals surface area contributed by atoms with Gasteiger partial charge in [0.25, 0.3) is 5.91 Å². The Morgan fingerprint density at radius 2 is 2.00 bits per heavy atom. The topological polar surface area (TPSA) is 62.5 Å². The van der Waals surface area contributed by atoms with Gasteiger partial charge >= 0.3 is 0 Å². The summed E-state index contributed by atoms with van der Waals surface area (Å²) >= 11 is 0. The second-order valence-electron chi connectivity index (χ2n) is 7.73. The summed E-state index contributed by atoms with van der Waals surface area (Å²) in [5, 5.41) is 2.62. The zero-order valence-electron chi connectivity index (χ0n) is 17.5. The fourth-order valence-corrected chi connectivity index (χ4v) is 3.42. The average molecular weight is 397 g/mol. The summed E-state index contributed by atoms with van der Waals surface area (Å²) in [6.07, 6.45) is 3.91. The number of amides is 1. The average Bonchev–Trinajstić information content (AvgIpc) is 3.04. The summed E-state index contributed by atoms with van der Waals surface area (Å²) in [5.41, 5.74) is 2.00. The predicted octanol–water partition coefficient (Wildman–Crippen LogP) is 3.25. The number of nitrogens with zero attached hydrogens (tertiary/aromatic N) is 4. The molecule has 29 heavy (non-hydrogen) atoms. The first-order valence-corrected chi connectivity index (χ1v) is 9.70. The van der Waals surface area contributed by atoms with E-state index in [1.807, 2.05) is 61.8 Å². The Morgan fingerprint density at radius 3 is 2.59 bits per heavy atom. The fraction of sp³-hybridized carbons (Fsp3) is 0.409. The Bertz CT molecular complexity index is 954. The molecule has 0 spiro atoms. The van der Waals surface area contributed by atoms with Crippen LogP contribution in [0.3, 0.4) is 0 Å². The number of rotatable bonds is 5. The number of benzene rings is 1. The Kier molecular flexibility index (Phi) is 5.98. The fourth-order valence-electron chi connectivity index (χ4n) is 3.42. The highest BCUT2D eigenvalue weighted by molar-refractivity contribution is 5.87. The van der Waals surface area contributed by atoms with Gasteiger partial charge in [-0.3, -0.25) is 4.79 Å². The Labute approximate surface area is 171 Å². The SMILES string of the molecule is C=N/C(=C\c1cc(-c2cnc(C)n2C)ccc1C)NC(=O)C1(F)CCN(C)CC1. The first-order chi connectivity index (χ1) is 13.7. The summed E-state index contributed by atoms with van der Waals surface area (Å²) in [6.45, 7) is 8.56. The molecule has 0 aliphatic carbocycles. The van der Waals surface area contributed by atoms with Gasteiger partial charge in [-0.1, -0.05) is 12.1 Å². The van der Waals surface area contributed by atoms with Gasteiger partial charge in [-0.05, 0) is 50.9 Å². The van der Waals surface area contributed by atoms with Gasteiger partial charge in [-0.15, -0.1) is 0 Å². The van der Waals surface area contributed by atoms with Gasteiger partial charge in [0.2, 0.25) is 0 Å². The zero-order chi connectivity index (χ0) is 21.2. The van der Waals surface area contributed by atoms with Crippen molar-refractivity contribution >= 4 is 18.7 Å². The van der Waals surface area contributed by atoms with E-state index in [0.717, 1.165) is 28.2 Å². The molecule has 1 fully saturated rings. The van der Waals surface area contributed by atoms with Gasteiger partial charge in [-0.25, -0.2) is 14.4 Å². The molecular weight excluding hydrogens is 369 g/mol. The van der Waals surface area contributed by atoms with Gasteiger partial charge in [0.05, 0.1) is 11.9 Å². The first-order valence-electron chi connectivity index (χ1n) is 9.70. The lowest BCUT2D eigenvalue weighted by Crippen LogP contribution is -2.49. The number of hydrogen-bond donors (Lipinski definition) is 1. The molecule has 1 aliphatic rings. The Morgan fingerprint density at radius 1 is 1.31 bits per heavy atom. The van der Waals surface area contributed by atoms with E-state index >= 15 is 4.39 Å². The molecule has 2 heterocycles. The molecule has 1 aromatic heterocycles. The second kappa shape index (κ2) is 8.29. The molecule has 2 aromatic rings. The Hall–Kier alpha value is -2.80. The minimum absolute atomic E-state index is 0.175. The number of aliphatic imine (C=N–C) groups is 1. The van der Waals surface area contributed by atoms with Crippen LogP contribution in [0.1, 0.15) is 29.8 Å². The van der Waals surface area contributed by atoms with Crippen LogP contribution in [0, 0.1) is 13.8 Å². The summed E-state index contributed by atoms with van der Waals surface area (Å²) in [6, 6.07) is 6.03. The monoisotopic (exact) mass is 397 g/mol. The van der Waals surface area contributed by atoms with E-state index in [2.05, 4.69) is 22.0 Å². The van der Waals surface area contributed by atoms with E-state index in [0.29, 0.717) is 13.1 Å². The molecular formula is C22H28FN5O. The number of piperidine rings is 1. The molecule has 0 radical (unpaired) electrons. The lowest BCUT2D eigenvalue weighted by molar-refractivity contribution is -0.135. The van der Waals surface area contributed by atoms with Gasteiger partial charge in [0.1, 0.15) is 11.6 Å². The summed E-state index contributed by atoms with van der Waals surface area (Å²) in [4.78, 5) is 22.8. The van der Waals surface area contributed by atoms with Crippen molar-refractivity contribution in [2.45, 2.75) is 32.4 Å². The molecule has 1 aliphatic heterocycles. The summed E-state index contributed by atoms with van der Waals surface area (Å²) in [7, 11) is 3.89. The van der Waals surface area contributed by atoms with Crippen LogP contribution in [0.25, 0.3) is 17.3 Å². The number of carbonyl (C=O) groups excluding carboxylic acids is 1. The van der Waals surface area contributed by atoms with E-state index in [1.54, 1.807) is 6.08 Å². The normalized spacial score (nSPS) is 17.2. The van der Waals surface area contributed by atoms with Crippen LogP contribution in [0.5, 0.6) is 0 Å². The molecule has 7 heteroatoms. The zero-order valence-corrected chi connectivity index (χ0v) is 17.5. The van der Waals surface area contributed by atoms with Crippen molar-refractivity contribution in [1.82, 2.24) is 19.8 Å². The largest absolute Gasteiger partial charge is 0.331 e. The molecule has 1 amide bonds. The van der Waals surface area contributed by atoms with Crippen molar-refractivity contribution in [2.24, 2.45) is 12.0 Å². The van der Waals surface area contributed by atoms with Crippen molar-refractivity contribution < 1.29 is 9.18 Å². The first kappa shape index (κ1) is 20.9. The summed E-state index contributed by atoms with van der Waals surface area (Å²) in [5.74, 6) is 0.512. The molecule has 6 nitrogen and oxygen atoms in total. The third-order valence-electron chi connectivity index (χ3n) is 5.69. The minimum Gasteiger partial charge on any atom is -0.331 e. The van der Waals surface area contributed by atoms with E-state index < -0.39 is 11.6 Å². The van der Waals surface area contributed by atoms with E-state index in [1.165, 1.54) is 0 Å². The molecule has 0 unspecified atom stereocenters. The van der Waals surface area contributed by atoms with Crippen molar-refractivity contribution in [3.05, 3.63) is 47.2 Å². The number of hydrogen-bond acceptors (Lipinski definition) is 4. The number of carbonyl (C=O) groups is 1. The number of likely N-dealkylation sites (tertiary alicyclic amines) is 1. The van der Waals surface area contributed by atoms with Crippen LogP contribution in [0.15, 0.2) is 35.2 Å².